The molecule has 3 aromatic carbocycles. The Bertz CT molecular complexity index is 2250. The fourth-order valence-electron chi connectivity index (χ4n) is 7.76. The van der Waals surface area contributed by atoms with Crippen molar-refractivity contribution in [2.75, 3.05) is 57.3 Å². The summed E-state index contributed by atoms with van der Waals surface area (Å²) in [4.78, 5) is 51.6. The number of amides is 3. The molecule has 1 aliphatic rings. The van der Waals surface area contributed by atoms with E-state index in [0.717, 1.165) is 47.9 Å². The van der Waals surface area contributed by atoms with Gasteiger partial charge in [0.2, 0.25) is 0 Å². The van der Waals surface area contributed by atoms with E-state index in [9.17, 15) is 29.7 Å². The summed E-state index contributed by atoms with van der Waals surface area (Å²) >= 11 is 6.05. The highest BCUT2D eigenvalue weighted by Gasteiger charge is 2.40. The number of nitrogens with zero attached hydrogens (tertiary/aromatic N) is 4. The van der Waals surface area contributed by atoms with Gasteiger partial charge in [-0.05, 0) is 81.8 Å². The molecule has 1 aliphatic heterocycles. The highest BCUT2D eigenvalue weighted by Crippen LogP contribution is 2.29. The fraction of sp³-hybridized carbons (Fsp3) is 0.500. The Morgan fingerprint density at radius 3 is 2.32 bits per heavy atom. The van der Waals surface area contributed by atoms with Crippen LogP contribution in [0.1, 0.15) is 92.4 Å². The van der Waals surface area contributed by atoms with Crippen LogP contribution in [-0.2, 0) is 27.2 Å². The molecule has 376 valence electrons. The number of nitrogen functional groups attached to an aromatic ring is 2. The molecule has 0 spiro atoms. The van der Waals surface area contributed by atoms with Crippen LogP contribution in [0.3, 0.4) is 0 Å². The van der Waals surface area contributed by atoms with Gasteiger partial charge >= 0.3 is 12.2 Å². The molecule has 6 atom stereocenters. The van der Waals surface area contributed by atoms with Gasteiger partial charge in [-0.15, -0.1) is 0 Å². The molecule has 0 aliphatic carbocycles. The number of halogens is 1. The maximum absolute atomic E-state index is 13.8. The average Bonchev–Trinajstić information content (AvgIpc) is 3.31. The zero-order valence-corrected chi connectivity index (χ0v) is 40.9. The summed E-state index contributed by atoms with van der Waals surface area (Å²) in [6, 6.07) is 23.8. The Hall–Kier alpha value is -5.60. The lowest BCUT2D eigenvalue weighted by Gasteiger charge is -2.38. The number of unbranched alkanes of at least 4 members (excludes halogenated alkanes) is 3. The Labute approximate surface area is 409 Å². The van der Waals surface area contributed by atoms with Gasteiger partial charge < -0.3 is 61.3 Å². The lowest BCUT2D eigenvalue weighted by Crippen LogP contribution is -2.54. The van der Waals surface area contributed by atoms with Crippen LogP contribution in [0, 0.1) is 12.8 Å². The van der Waals surface area contributed by atoms with Gasteiger partial charge in [-0.3, -0.25) is 9.69 Å². The van der Waals surface area contributed by atoms with Gasteiger partial charge in [0.25, 0.3) is 5.91 Å². The minimum Gasteiger partial charge on any atom is -0.444 e. The van der Waals surface area contributed by atoms with Gasteiger partial charge in [0.1, 0.15) is 29.7 Å². The number of hydrogen-bond acceptors (Lipinski definition) is 15. The summed E-state index contributed by atoms with van der Waals surface area (Å²) in [5.41, 5.74) is 14.2. The van der Waals surface area contributed by atoms with Gasteiger partial charge in [-0.25, -0.2) is 19.6 Å². The van der Waals surface area contributed by atoms with Crippen molar-refractivity contribution in [1.82, 2.24) is 30.4 Å². The smallest absolute Gasteiger partial charge is 0.412 e. The summed E-state index contributed by atoms with van der Waals surface area (Å²) in [7, 11) is 0. The lowest BCUT2D eigenvalue weighted by molar-refractivity contribution is -0.283. The maximum Gasteiger partial charge on any atom is 0.412 e. The standard InChI is InChI=1S/C50H69ClN8O10/c1-6-7-8-14-24-58(30-38(60)41(62)42-39(61)31-66-47(68-42)35-16-10-9-11-17-35)25-23-54-48(64)67-37-21-19-33(20-22-37)28-59(49(65)69-50(3,4)5)29-34(26-36-18-13-12-15-32(36)2)27-55-46(63)40-44(52)57-45(53)43(51)56-40/h9-13,15-22,34,38-39,41-42,47,60-62H,6-8,14,23-31H2,1-5H3,(H,54,64)(H,55,63)(H4,52,53,57)/t34-,38-,39+,41+,42+,47+/m0/s1. The van der Waals surface area contributed by atoms with Crippen LogP contribution in [0.25, 0.3) is 0 Å². The number of aromatic nitrogens is 2. The molecule has 1 aromatic heterocycles. The molecule has 19 heteroatoms. The first-order valence-electron chi connectivity index (χ1n) is 23.4. The van der Waals surface area contributed by atoms with Crippen LogP contribution in [0.2, 0.25) is 5.15 Å². The molecule has 0 bridgehead atoms. The van der Waals surface area contributed by atoms with E-state index in [1.54, 1.807) is 49.9 Å². The van der Waals surface area contributed by atoms with Gasteiger partial charge in [0, 0.05) is 44.8 Å². The molecule has 18 nitrogen and oxygen atoms in total. The molecule has 0 unspecified atom stereocenters. The van der Waals surface area contributed by atoms with E-state index in [1.807, 2.05) is 66.4 Å². The fourth-order valence-corrected chi connectivity index (χ4v) is 7.89. The SMILES string of the molecule is CCCCCCN(CCNC(=O)Oc1ccc(CN(C[C@H](CNC(=O)c2nc(Cl)c(N)nc2N)Cc2ccccc2C)C(=O)OC(C)(C)C)cc1)C[C@H](O)[C@@H](O)[C@@H]1O[C@H](c2ccccc2)OC[C@H]1O. The Morgan fingerprint density at radius 2 is 1.62 bits per heavy atom. The van der Waals surface area contributed by atoms with Gasteiger partial charge in [-0.1, -0.05) is 105 Å². The predicted molar refractivity (Wildman–Crippen MR) is 262 cm³/mol. The van der Waals surface area contributed by atoms with E-state index in [-0.39, 0.29) is 73.5 Å². The molecule has 3 amide bonds. The minimum absolute atomic E-state index is 0.0663. The van der Waals surface area contributed by atoms with E-state index in [1.165, 1.54) is 0 Å². The number of benzene rings is 3. The second-order valence-electron chi connectivity index (χ2n) is 18.3. The Morgan fingerprint density at radius 1 is 0.913 bits per heavy atom. The number of anilines is 2. The van der Waals surface area contributed by atoms with Crippen molar-refractivity contribution in [3.63, 3.8) is 0 Å². The number of aliphatic hydroxyl groups is 3. The summed E-state index contributed by atoms with van der Waals surface area (Å²) in [6.45, 7) is 11.0. The number of rotatable bonds is 23. The van der Waals surface area contributed by atoms with Crippen molar-refractivity contribution in [1.29, 1.82) is 0 Å². The molecule has 0 radical (unpaired) electrons. The van der Waals surface area contributed by atoms with Crippen molar-refractivity contribution in [3.8, 4) is 5.75 Å². The molecule has 5 rings (SSSR count). The van der Waals surface area contributed by atoms with Crippen LogP contribution >= 0.6 is 11.6 Å². The molecule has 9 N–H and O–H groups in total. The van der Waals surface area contributed by atoms with Crippen LogP contribution in [0.5, 0.6) is 5.75 Å². The third-order valence-electron chi connectivity index (χ3n) is 11.4. The van der Waals surface area contributed by atoms with Crippen molar-refractivity contribution in [3.05, 3.63) is 112 Å². The molecule has 0 saturated carbocycles. The number of nitrogens with one attached hydrogen (secondary N) is 2. The summed E-state index contributed by atoms with van der Waals surface area (Å²) in [5.74, 6) is -0.912. The zero-order chi connectivity index (χ0) is 50.1. The number of aryl methyl sites for hydroxylation is 1. The quantitative estimate of drug-likeness (QED) is 0.0434. The second kappa shape index (κ2) is 26.4. The van der Waals surface area contributed by atoms with Crippen LogP contribution in [-0.4, -0.2) is 129 Å². The topological polar surface area (TPSA) is 257 Å². The Kier molecular flexibility index (Phi) is 20.8. The van der Waals surface area contributed by atoms with Gasteiger partial charge in [0.15, 0.2) is 28.8 Å². The number of ether oxygens (including phenoxy) is 4. The van der Waals surface area contributed by atoms with Gasteiger partial charge in [-0.2, -0.15) is 0 Å². The summed E-state index contributed by atoms with van der Waals surface area (Å²) in [6.07, 6.45) is -2.52. The number of aliphatic hydroxyl groups excluding tert-OH is 3. The van der Waals surface area contributed by atoms with E-state index in [2.05, 4.69) is 27.5 Å². The zero-order valence-electron chi connectivity index (χ0n) is 40.2. The number of carbonyl (C=O) groups excluding carboxylic acids is 3. The molecular formula is C50H69ClN8O10. The maximum atomic E-state index is 13.8. The number of carbonyl (C=O) groups is 3. The minimum atomic E-state index is -1.41. The summed E-state index contributed by atoms with van der Waals surface area (Å²) < 4.78 is 23.0. The molecular weight excluding hydrogens is 908 g/mol. The number of nitrogens with two attached hydrogens (primary N) is 2. The van der Waals surface area contributed by atoms with Crippen LogP contribution < -0.4 is 26.8 Å². The van der Waals surface area contributed by atoms with Crippen molar-refractivity contribution < 1.29 is 48.7 Å². The molecule has 4 aromatic rings. The first-order chi connectivity index (χ1) is 32.9. The predicted octanol–water partition coefficient (Wildman–Crippen LogP) is 5.80. The third-order valence-corrected chi connectivity index (χ3v) is 11.7. The molecule has 1 fully saturated rings. The molecule has 69 heavy (non-hydrogen) atoms. The lowest BCUT2D eigenvalue weighted by atomic mass is 9.95. The summed E-state index contributed by atoms with van der Waals surface area (Å²) in [5, 5.41) is 38.5. The largest absolute Gasteiger partial charge is 0.444 e. The number of hydrogen-bond donors (Lipinski definition) is 7. The highest BCUT2D eigenvalue weighted by molar-refractivity contribution is 6.31. The first-order valence-corrected chi connectivity index (χ1v) is 23.8. The van der Waals surface area contributed by atoms with E-state index >= 15 is 0 Å². The van der Waals surface area contributed by atoms with Crippen LogP contribution in [0.4, 0.5) is 21.2 Å². The normalized spacial score (nSPS) is 17.4. The van der Waals surface area contributed by atoms with E-state index in [4.69, 9.17) is 42.0 Å². The van der Waals surface area contributed by atoms with Crippen molar-refractivity contribution in [2.24, 2.45) is 5.92 Å². The second-order valence-corrected chi connectivity index (χ2v) is 18.7. The molecule has 2 heterocycles. The van der Waals surface area contributed by atoms with E-state index in [0.29, 0.717) is 19.5 Å². The van der Waals surface area contributed by atoms with Crippen molar-refractivity contribution >= 4 is 41.3 Å². The first kappa shape index (κ1) is 54.3. The molecule has 1 saturated heterocycles. The Balaban J connectivity index is 1.20. The van der Waals surface area contributed by atoms with Crippen LogP contribution in [0.15, 0.2) is 78.9 Å². The highest BCUT2D eigenvalue weighted by atomic mass is 35.5. The third kappa shape index (κ3) is 17.4. The van der Waals surface area contributed by atoms with Gasteiger partial charge in [0.05, 0.1) is 12.7 Å². The average molecular weight is 978 g/mol. The van der Waals surface area contributed by atoms with E-state index < -0.39 is 54.4 Å². The monoisotopic (exact) mass is 976 g/mol. The van der Waals surface area contributed by atoms with Crippen molar-refractivity contribution in [2.45, 2.75) is 110 Å².